The van der Waals surface area contributed by atoms with Crippen molar-refractivity contribution in [3.05, 3.63) is 41.8 Å². The predicted molar refractivity (Wildman–Crippen MR) is 58.1 cm³/mol. The highest BCUT2D eigenvalue weighted by molar-refractivity contribution is 6.68. The third-order valence-corrected chi connectivity index (χ3v) is 2.30. The van der Waals surface area contributed by atoms with Crippen molar-refractivity contribution < 1.29 is 9.18 Å². The van der Waals surface area contributed by atoms with E-state index in [4.69, 9.17) is 17.3 Å². The molecule has 0 aliphatic heterocycles. The zero-order chi connectivity index (χ0) is 11.7. The number of hydrogen-bond donors (Lipinski definition) is 1. The molecule has 2 N–H and O–H groups in total. The summed E-state index contributed by atoms with van der Waals surface area (Å²) in [6, 6.07) is 5.97. The molecule has 0 saturated carbocycles. The van der Waals surface area contributed by atoms with Crippen molar-refractivity contribution >= 4 is 22.7 Å². The van der Waals surface area contributed by atoms with E-state index < -0.39 is 11.1 Å². The molecular formula is C10H7ClFN3O. The molecule has 2 rings (SSSR count). The van der Waals surface area contributed by atoms with Crippen LogP contribution in [0.3, 0.4) is 0 Å². The van der Waals surface area contributed by atoms with Gasteiger partial charge in [-0.2, -0.15) is 5.10 Å². The van der Waals surface area contributed by atoms with Crippen LogP contribution in [0, 0.1) is 5.82 Å². The normalized spacial score (nSPS) is 10.4. The van der Waals surface area contributed by atoms with Gasteiger partial charge in [0.2, 0.25) is 0 Å². The number of nitrogens with two attached hydrogens (primary N) is 1. The Kier molecular flexibility index (Phi) is 2.62. The third kappa shape index (κ3) is 1.65. The summed E-state index contributed by atoms with van der Waals surface area (Å²) in [6.45, 7) is 0. The molecule has 0 aliphatic rings. The van der Waals surface area contributed by atoms with Crippen molar-refractivity contribution in [3.8, 4) is 5.69 Å². The lowest BCUT2D eigenvalue weighted by Gasteiger charge is -2.04. The number of benzene rings is 1. The van der Waals surface area contributed by atoms with Gasteiger partial charge in [-0.3, -0.25) is 4.79 Å². The largest absolute Gasteiger partial charge is 0.383 e. The second-order valence-electron chi connectivity index (χ2n) is 3.08. The van der Waals surface area contributed by atoms with E-state index >= 15 is 0 Å². The van der Waals surface area contributed by atoms with Gasteiger partial charge in [-0.15, -0.1) is 0 Å². The second kappa shape index (κ2) is 3.94. The van der Waals surface area contributed by atoms with Gasteiger partial charge >= 0.3 is 0 Å². The number of hydrogen-bond acceptors (Lipinski definition) is 3. The molecule has 0 aliphatic carbocycles. The summed E-state index contributed by atoms with van der Waals surface area (Å²) in [7, 11) is 0. The maximum Gasteiger partial charge on any atom is 0.257 e. The molecule has 1 aromatic heterocycles. The lowest BCUT2D eigenvalue weighted by molar-refractivity contribution is 0.108. The third-order valence-electron chi connectivity index (χ3n) is 2.10. The molecule has 2 aromatic rings. The molecule has 1 heterocycles. The molecule has 0 amide bonds. The zero-order valence-corrected chi connectivity index (χ0v) is 8.78. The van der Waals surface area contributed by atoms with Gasteiger partial charge in [-0.1, -0.05) is 12.1 Å². The quantitative estimate of drug-likeness (QED) is 0.815. The topological polar surface area (TPSA) is 60.9 Å². The Morgan fingerprint density at radius 3 is 2.69 bits per heavy atom. The van der Waals surface area contributed by atoms with Crippen LogP contribution in [-0.4, -0.2) is 15.0 Å². The van der Waals surface area contributed by atoms with Crippen molar-refractivity contribution in [2.45, 2.75) is 0 Å². The van der Waals surface area contributed by atoms with E-state index in [-0.39, 0.29) is 17.1 Å². The average Bonchev–Trinajstić information content (AvgIpc) is 2.61. The fraction of sp³-hybridized carbons (Fsp3) is 0. The molecule has 16 heavy (non-hydrogen) atoms. The van der Waals surface area contributed by atoms with Gasteiger partial charge in [-0.05, 0) is 23.7 Å². The first kappa shape index (κ1) is 10.6. The Hall–Kier alpha value is -1.88. The van der Waals surface area contributed by atoms with Crippen LogP contribution >= 0.6 is 11.6 Å². The van der Waals surface area contributed by atoms with Crippen molar-refractivity contribution in [1.82, 2.24) is 9.78 Å². The van der Waals surface area contributed by atoms with Crippen LogP contribution in [0.5, 0.6) is 0 Å². The number of carbonyl (C=O) groups is 1. The summed E-state index contributed by atoms with van der Waals surface area (Å²) in [6.07, 6.45) is 1.21. The van der Waals surface area contributed by atoms with Crippen LogP contribution in [0.1, 0.15) is 10.4 Å². The van der Waals surface area contributed by atoms with E-state index in [0.29, 0.717) is 0 Å². The van der Waals surface area contributed by atoms with Crippen molar-refractivity contribution in [1.29, 1.82) is 0 Å². The molecular weight excluding hydrogens is 233 g/mol. The Morgan fingerprint density at radius 2 is 2.12 bits per heavy atom. The highest BCUT2D eigenvalue weighted by Gasteiger charge is 2.15. The Bertz CT molecular complexity index is 553. The molecule has 0 radical (unpaired) electrons. The van der Waals surface area contributed by atoms with Gasteiger partial charge in [0.15, 0.2) is 0 Å². The Morgan fingerprint density at radius 1 is 1.44 bits per heavy atom. The van der Waals surface area contributed by atoms with E-state index in [1.807, 2.05) is 0 Å². The van der Waals surface area contributed by atoms with Crippen LogP contribution in [0.25, 0.3) is 5.69 Å². The highest BCUT2D eigenvalue weighted by Crippen LogP contribution is 2.20. The number of para-hydroxylation sites is 1. The van der Waals surface area contributed by atoms with Crippen molar-refractivity contribution in [3.63, 3.8) is 0 Å². The van der Waals surface area contributed by atoms with Gasteiger partial charge in [0.1, 0.15) is 17.3 Å². The molecule has 0 unspecified atom stereocenters. The minimum atomic E-state index is -0.722. The number of nitrogen functional groups attached to an aromatic ring is 1. The minimum Gasteiger partial charge on any atom is -0.383 e. The maximum atomic E-state index is 13.4. The molecule has 6 heteroatoms. The average molecular weight is 240 g/mol. The number of anilines is 1. The Balaban J connectivity index is 2.58. The zero-order valence-electron chi connectivity index (χ0n) is 8.02. The van der Waals surface area contributed by atoms with Gasteiger partial charge < -0.3 is 5.73 Å². The minimum absolute atomic E-state index is 0.0186. The summed E-state index contributed by atoms with van der Waals surface area (Å²) in [5, 5.41) is 3.09. The van der Waals surface area contributed by atoms with Crippen LogP contribution in [0.4, 0.5) is 10.2 Å². The van der Waals surface area contributed by atoms with E-state index in [9.17, 15) is 9.18 Å². The molecule has 0 spiro atoms. The van der Waals surface area contributed by atoms with E-state index in [0.717, 1.165) is 4.68 Å². The standard InChI is InChI=1S/C10H7ClFN3O/c11-9(16)6-5-14-15(10(6)13)8-4-2-1-3-7(8)12/h1-5H,13H2. The second-order valence-corrected chi connectivity index (χ2v) is 3.42. The molecule has 4 nitrogen and oxygen atoms in total. The Labute approximate surface area is 95.4 Å². The van der Waals surface area contributed by atoms with Gasteiger partial charge in [-0.25, -0.2) is 9.07 Å². The predicted octanol–water partition coefficient (Wildman–Crippen LogP) is 1.97. The number of halogens is 2. The fourth-order valence-corrected chi connectivity index (χ4v) is 1.47. The summed E-state index contributed by atoms with van der Waals surface area (Å²) >= 11 is 5.28. The molecule has 0 bridgehead atoms. The van der Waals surface area contributed by atoms with Gasteiger partial charge in [0.25, 0.3) is 5.24 Å². The number of rotatable bonds is 2. The molecule has 0 atom stereocenters. The van der Waals surface area contributed by atoms with E-state index in [2.05, 4.69) is 5.10 Å². The van der Waals surface area contributed by atoms with Crippen LogP contribution in [0.15, 0.2) is 30.5 Å². The van der Waals surface area contributed by atoms with Crippen LogP contribution in [-0.2, 0) is 0 Å². The SMILES string of the molecule is Nc1c(C(=O)Cl)cnn1-c1ccccc1F. The van der Waals surface area contributed by atoms with Crippen molar-refractivity contribution in [2.75, 3.05) is 5.73 Å². The first-order valence-corrected chi connectivity index (χ1v) is 4.77. The number of nitrogens with zero attached hydrogens (tertiary/aromatic N) is 2. The van der Waals surface area contributed by atoms with Gasteiger partial charge in [0, 0.05) is 0 Å². The van der Waals surface area contributed by atoms with E-state index in [1.54, 1.807) is 12.1 Å². The monoisotopic (exact) mass is 239 g/mol. The first-order chi connectivity index (χ1) is 7.61. The lowest BCUT2D eigenvalue weighted by Crippen LogP contribution is -2.05. The van der Waals surface area contributed by atoms with E-state index in [1.165, 1.54) is 18.3 Å². The number of aromatic nitrogens is 2. The summed E-state index contributed by atoms with van der Waals surface area (Å²) in [5.74, 6) is -0.462. The van der Waals surface area contributed by atoms with Crippen LogP contribution in [0.2, 0.25) is 0 Å². The van der Waals surface area contributed by atoms with Crippen LogP contribution < -0.4 is 5.73 Å². The summed E-state index contributed by atoms with van der Waals surface area (Å²) in [5.41, 5.74) is 5.86. The van der Waals surface area contributed by atoms with Gasteiger partial charge in [0.05, 0.1) is 11.8 Å². The lowest BCUT2D eigenvalue weighted by atomic mass is 10.3. The first-order valence-electron chi connectivity index (χ1n) is 4.39. The highest BCUT2D eigenvalue weighted by atomic mass is 35.5. The molecule has 0 saturated heterocycles. The van der Waals surface area contributed by atoms with Crippen molar-refractivity contribution in [2.24, 2.45) is 0 Å². The molecule has 0 fully saturated rings. The molecule has 82 valence electrons. The number of carbonyl (C=O) groups excluding carboxylic acids is 1. The summed E-state index contributed by atoms with van der Waals surface area (Å²) in [4.78, 5) is 10.9. The smallest absolute Gasteiger partial charge is 0.257 e. The maximum absolute atomic E-state index is 13.4. The summed E-state index contributed by atoms with van der Waals surface area (Å²) < 4.78 is 14.6. The fourth-order valence-electron chi connectivity index (χ4n) is 1.32. The molecule has 1 aromatic carbocycles.